The third-order valence-corrected chi connectivity index (χ3v) is 3.36. The summed E-state index contributed by atoms with van der Waals surface area (Å²) in [5, 5.41) is 3.98. The van der Waals surface area contributed by atoms with E-state index in [-0.39, 0.29) is 5.54 Å². The Hall–Kier alpha value is -0.830. The van der Waals surface area contributed by atoms with E-state index in [1.807, 2.05) is 13.8 Å². The Morgan fingerprint density at radius 1 is 1.21 bits per heavy atom. The molecule has 14 heavy (non-hydrogen) atoms. The van der Waals surface area contributed by atoms with Gasteiger partial charge < -0.3 is 10.3 Å². The molecular formula is C11H18N2O. The summed E-state index contributed by atoms with van der Waals surface area (Å²) >= 11 is 0. The summed E-state index contributed by atoms with van der Waals surface area (Å²) in [5.41, 5.74) is 8.22. The zero-order chi connectivity index (χ0) is 10.2. The van der Waals surface area contributed by atoms with Crippen LogP contribution < -0.4 is 5.73 Å². The molecule has 0 unspecified atom stereocenters. The highest BCUT2D eigenvalue weighted by Crippen LogP contribution is 2.36. The fraction of sp³-hybridized carbons (Fsp3) is 0.727. The highest BCUT2D eigenvalue weighted by Gasteiger charge is 2.35. The van der Waals surface area contributed by atoms with E-state index in [1.54, 1.807) is 0 Å². The lowest BCUT2D eigenvalue weighted by Gasteiger charge is -2.31. The van der Waals surface area contributed by atoms with Crippen molar-refractivity contribution in [3.63, 3.8) is 0 Å². The van der Waals surface area contributed by atoms with Crippen molar-refractivity contribution in [2.24, 2.45) is 5.73 Å². The maximum Gasteiger partial charge on any atom is 0.159 e. The Bertz CT molecular complexity index is 324. The minimum absolute atomic E-state index is 0.246. The minimum Gasteiger partial charge on any atom is -0.359 e. The monoisotopic (exact) mass is 194 g/mol. The number of hydrogen-bond acceptors (Lipinski definition) is 3. The van der Waals surface area contributed by atoms with Gasteiger partial charge in [-0.2, -0.15) is 0 Å². The predicted octanol–water partition coefficient (Wildman–Crippen LogP) is 2.41. The molecule has 1 aromatic heterocycles. The molecule has 3 heteroatoms. The summed E-state index contributed by atoms with van der Waals surface area (Å²) in [6.45, 7) is 4.01. The van der Waals surface area contributed by atoms with Crippen LogP contribution in [0.25, 0.3) is 0 Å². The summed E-state index contributed by atoms with van der Waals surface area (Å²) in [6, 6.07) is 0. The van der Waals surface area contributed by atoms with Crippen LogP contribution in [0.1, 0.15) is 49.1 Å². The van der Waals surface area contributed by atoms with Gasteiger partial charge >= 0.3 is 0 Å². The third kappa shape index (κ3) is 1.46. The van der Waals surface area contributed by atoms with Gasteiger partial charge in [-0.15, -0.1) is 0 Å². The molecule has 1 fully saturated rings. The van der Waals surface area contributed by atoms with Crippen molar-refractivity contribution >= 4 is 0 Å². The summed E-state index contributed by atoms with van der Waals surface area (Å²) in [7, 11) is 0. The van der Waals surface area contributed by atoms with E-state index < -0.39 is 0 Å². The van der Waals surface area contributed by atoms with Gasteiger partial charge in [0.1, 0.15) is 0 Å². The SMILES string of the molecule is Cc1noc(C2(N)CCCCC2)c1C. The fourth-order valence-corrected chi connectivity index (χ4v) is 2.29. The van der Waals surface area contributed by atoms with Crippen molar-refractivity contribution in [3.8, 4) is 0 Å². The first-order valence-corrected chi connectivity index (χ1v) is 5.36. The maximum atomic E-state index is 6.36. The molecule has 1 saturated carbocycles. The number of aryl methyl sites for hydroxylation is 1. The van der Waals surface area contributed by atoms with Gasteiger partial charge in [0, 0.05) is 5.56 Å². The Morgan fingerprint density at radius 3 is 2.36 bits per heavy atom. The second-order valence-electron chi connectivity index (χ2n) is 4.44. The Kier molecular flexibility index (Phi) is 2.35. The second kappa shape index (κ2) is 3.39. The number of nitrogens with zero attached hydrogens (tertiary/aromatic N) is 1. The van der Waals surface area contributed by atoms with Crippen LogP contribution in [0.2, 0.25) is 0 Å². The molecular weight excluding hydrogens is 176 g/mol. The maximum absolute atomic E-state index is 6.36. The standard InChI is InChI=1S/C11H18N2O/c1-8-9(2)13-14-10(8)11(12)6-4-3-5-7-11/h3-7,12H2,1-2H3. The van der Waals surface area contributed by atoms with E-state index in [1.165, 1.54) is 19.3 Å². The summed E-state index contributed by atoms with van der Waals surface area (Å²) < 4.78 is 5.36. The van der Waals surface area contributed by atoms with Gasteiger partial charge in [0.15, 0.2) is 5.76 Å². The Morgan fingerprint density at radius 2 is 1.86 bits per heavy atom. The molecule has 0 spiro atoms. The average Bonchev–Trinajstić information content (AvgIpc) is 2.49. The van der Waals surface area contributed by atoms with Crippen molar-refractivity contribution in [2.45, 2.75) is 51.5 Å². The van der Waals surface area contributed by atoms with Crippen molar-refractivity contribution in [3.05, 3.63) is 17.0 Å². The molecule has 1 heterocycles. The van der Waals surface area contributed by atoms with Gasteiger partial charge in [-0.05, 0) is 26.7 Å². The van der Waals surface area contributed by atoms with E-state index in [2.05, 4.69) is 5.16 Å². The van der Waals surface area contributed by atoms with Gasteiger partial charge in [-0.3, -0.25) is 0 Å². The number of rotatable bonds is 1. The molecule has 78 valence electrons. The van der Waals surface area contributed by atoms with Crippen LogP contribution in [0.5, 0.6) is 0 Å². The highest BCUT2D eigenvalue weighted by atomic mass is 16.5. The molecule has 0 saturated heterocycles. The van der Waals surface area contributed by atoms with E-state index in [9.17, 15) is 0 Å². The largest absolute Gasteiger partial charge is 0.359 e. The molecule has 0 atom stereocenters. The van der Waals surface area contributed by atoms with Crippen LogP contribution >= 0.6 is 0 Å². The second-order valence-corrected chi connectivity index (χ2v) is 4.44. The normalized spacial score (nSPS) is 21.1. The molecule has 0 radical (unpaired) electrons. The Labute approximate surface area is 84.7 Å². The van der Waals surface area contributed by atoms with Crippen molar-refractivity contribution in [2.75, 3.05) is 0 Å². The first-order chi connectivity index (χ1) is 6.63. The first kappa shape index (κ1) is 9.71. The lowest BCUT2D eigenvalue weighted by atomic mass is 9.79. The van der Waals surface area contributed by atoms with Crippen LogP contribution in [0.4, 0.5) is 0 Å². The van der Waals surface area contributed by atoms with Gasteiger partial charge in [-0.1, -0.05) is 24.4 Å². The fourth-order valence-electron chi connectivity index (χ4n) is 2.29. The zero-order valence-electron chi connectivity index (χ0n) is 8.97. The summed E-state index contributed by atoms with van der Waals surface area (Å²) in [6.07, 6.45) is 5.77. The molecule has 0 amide bonds. The number of aromatic nitrogens is 1. The quantitative estimate of drug-likeness (QED) is 0.747. The molecule has 2 N–H and O–H groups in total. The van der Waals surface area contributed by atoms with Gasteiger partial charge in [0.25, 0.3) is 0 Å². The van der Waals surface area contributed by atoms with E-state index in [4.69, 9.17) is 10.3 Å². The van der Waals surface area contributed by atoms with Crippen molar-refractivity contribution < 1.29 is 4.52 Å². The van der Waals surface area contributed by atoms with Crippen molar-refractivity contribution in [1.82, 2.24) is 5.16 Å². The highest BCUT2D eigenvalue weighted by molar-refractivity contribution is 5.26. The molecule has 1 aliphatic carbocycles. The van der Waals surface area contributed by atoms with Crippen molar-refractivity contribution in [1.29, 1.82) is 0 Å². The molecule has 1 aliphatic rings. The van der Waals surface area contributed by atoms with Gasteiger partial charge in [-0.25, -0.2) is 0 Å². The Balaban J connectivity index is 2.32. The molecule has 0 aromatic carbocycles. The third-order valence-electron chi connectivity index (χ3n) is 3.36. The minimum atomic E-state index is -0.246. The molecule has 1 aromatic rings. The molecule has 0 aliphatic heterocycles. The van der Waals surface area contributed by atoms with E-state index >= 15 is 0 Å². The van der Waals surface area contributed by atoms with Gasteiger partial charge in [0.05, 0.1) is 11.2 Å². The lowest BCUT2D eigenvalue weighted by molar-refractivity contribution is 0.226. The van der Waals surface area contributed by atoms with Crippen LogP contribution in [-0.4, -0.2) is 5.16 Å². The smallest absolute Gasteiger partial charge is 0.159 e. The summed E-state index contributed by atoms with van der Waals surface area (Å²) in [5.74, 6) is 0.912. The van der Waals surface area contributed by atoms with E-state index in [0.29, 0.717) is 0 Å². The molecule has 0 bridgehead atoms. The predicted molar refractivity (Wildman–Crippen MR) is 54.9 cm³/mol. The topological polar surface area (TPSA) is 52.0 Å². The molecule has 3 nitrogen and oxygen atoms in total. The lowest BCUT2D eigenvalue weighted by Crippen LogP contribution is -2.38. The van der Waals surface area contributed by atoms with Crippen LogP contribution in [0.15, 0.2) is 4.52 Å². The van der Waals surface area contributed by atoms with Crippen LogP contribution in [-0.2, 0) is 5.54 Å². The average molecular weight is 194 g/mol. The van der Waals surface area contributed by atoms with Gasteiger partial charge in [0.2, 0.25) is 0 Å². The first-order valence-electron chi connectivity index (χ1n) is 5.36. The molecule has 2 rings (SSSR count). The zero-order valence-corrected chi connectivity index (χ0v) is 8.97. The van der Waals surface area contributed by atoms with E-state index in [0.717, 1.165) is 29.9 Å². The number of nitrogens with two attached hydrogens (primary N) is 1. The van der Waals surface area contributed by atoms with Crippen LogP contribution in [0, 0.1) is 13.8 Å². The van der Waals surface area contributed by atoms with Crippen LogP contribution in [0.3, 0.4) is 0 Å². The number of hydrogen-bond donors (Lipinski definition) is 1. The summed E-state index contributed by atoms with van der Waals surface area (Å²) in [4.78, 5) is 0.